The highest BCUT2D eigenvalue weighted by Gasteiger charge is 2.13. The first kappa shape index (κ1) is 11.0. The molecule has 0 aromatic heterocycles. The molecule has 1 unspecified atom stereocenters. The average Bonchev–Trinajstić information content (AvgIpc) is 2.13. The van der Waals surface area contributed by atoms with E-state index in [4.69, 9.17) is 0 Å². The van der Waals surface area contributed by atoms with E-state index in [0.29, 0.717) is 6.04 Å². The van der Waals surface area contributed by atoms with Crippen LogP contribution in [0.25, 0.3) is 0 Å². The molecule has 0 aromatic rings. The second-order valence-electron chi connectivity index (χ2n) is 4.22. The topological polar surface area (TPSA) is 15.3 Å². The van der Waals surface area contributed by atoms with Gasteiger partial charge in [0.15, 0.2) is 0 Å². The minimum absolute atomic E-state index is 0.694. The SMILES string of the molecule is CCCCCCN1CCNC(C)C1. The van der Waals surface area contributed by atoms with E-state index in [2.05, 4.69) is 24.1 Å². The Morgan fingerprint density at radius 1 is 1.31 bits per heavy atom. The number of hydrogen-bond acceptors (Lipinski definition) is 2. The Kier molecular flexibility index (Phi) is 5.40. The van der Waals surface area contributed by atoms with E-state index >= 15 is 0 Å². The standard InChI is InChI=1S/C11H24N2/c1-3-4-5-6-8-13-9-7-12-11(2)10-13/h11-12H,3-10H2,1-2H3. The fourth-order valence-electron chi connectivity index (χ4n) is 1.98. The van der Waals surface area contributed by atoms with Crippen molar-refractivity contribution in [3.05, 3.63) is 0 Å². The third-order valence-corrected chi connectivity index (χ3v) is 2.78. The lowest BCUT2D eigenvalue weighted by atomic mass is 10.1. The molecule has 0 saturated carbocycles. The van der Waals surface area contributed by atoms with Crippen molar-refractivity contribution in [2.45, 2.75) is 45.6 Å². The van der Waals surface area contributed by atoms with Crippen molar-refractivity contribution in [2.24, 2.45) is 0 Å². The average molecular weight is 184 g/mol. The molecule has 13 heavy (non-hydrogen) atoms. The minimum Gasteiger partial charge on any atom is -0.312 e. The number of unbranched alkanes of at least 4 members (excludes halogenated alkanes) is 3. The molecule has 1 fully saturated rings. The summed E-state index contributed by atoms with van der Waals surface area (Å²) in [7, 11) is 0. The highest BCUT2D eigenvalue weighted by molar-refractivity contribution is 4.74. The summed E-state index contributed by atoms with van der Waals surface area (Å²) in [6.45, 7) is 9.52. The van der Waals surface area contributed by atoms with Crippen molar-refractivity contribution in [1.82, 2.24) is 10.2 Å². The van der Waals surface area contributed by atoms with Gasteiger partial charge in [-0.2, -0.15) is 0 Å². The molecule has 1 rings (SSSR count). The van der Waals surface area contributed by atoms with Gasteiger partial charge in [-0.25, -0.2) is 0 Å². The number of nitrogens with zero attached hydrogens (tertiary/aromatic N) is 1. The Labute approximate surface area is 82.7 Å². The summed E-state index contributed by atoms with van der Waals surface area (Å²) in [6, 6.07) is 0.694. The molecule has 1 saturated heterocycles. The molecule has 1 heterocycles. The van der Waals surface area contributed by atoms with Crippen LogP contribution in [0.15, 0.2) is 0 Å². The molecule has 0 amide bonds. The molecular weight excluding hydrogens is 160 g/mol. The van der Waals surface area contributed by atoms with Gasteiger partial charge in [0.2, 0.25) is 0 Å². The summed E-state index contributed by atoms with van der Waals surface area (Å²) < 4.78 is 0. The largest absolute Gasteiger partial charge is 0.312 e. The molecule has 2 heteroatoms. The number of piperazine rings is 1. The molecular formula is C11H24N2. The van der Waals surface area contributed by atoms with Crippen LogP contribution < -0.4 is 5.32 Å². The van der Waals surface area contributed by atoms with Crippen molar-refractivity contribution in [3.8, 4) is 0 Å². The van der Waals surface area contributed by atoms with E-state index in [0.717, 1.165) is 0 Å². The van der Waals surface area contributed by atoms with Crippen LogP contribution in [0, 0.1) is 0 Å². The van der Waals surface area contributed by atoms with Crippen molar-refractivity contribution < 1.29 is 0 Å². The Morgan fingerprint density at radius 3 is 2.85 bits per heavy atom. The Balaban J connectivity index is 2.00. The Hall–Kier alpha value is -0.0800. The lowest BCUT2D eigenvalue weighted by Crippen LogP contribution is -2.49. The molecule has 0 radical (unpaired) electrons. The van der Waals surface area contributed by atoms with Gasteiger partial charge in [0.25, 0.3) is 0 Å². The van der Waals surface area contributed by atoms with Gasteiger partial charge in [-0.1, -0.05) is 26.2 Å². The van der Waals surface area contributed by atoms with Crippen LogP contribution in [0.3, 0.4) is 0 Å². The van der Waals surface area contributed by atoms with Crippen LogP contribution >= 0.6 is 0 Å². The van der Waals surface area contributed by atoms with Gasteiger partial charge in [0.1, 0.15) is 0 Å². The monoisotopic (exact) mass is 184 g/mol. The Morgan fingerprint density at radius 2 is 2.15 bits per heavy atom. The molecule has 0 aliphatic carbocycles. The third kappa shape index (κ3) is 4.63. The molecule has 78 valence electrons. The molecule has 0 aromatic carbocycles. The summed E-state index contributed by atoms with van der Waals surface area (Å²) in [5.41, 5.74) is 0. The van der Waals surface area contributed by atoms with E-state index in [-0.39, 0.29) is 0 Å². The van der Waals surface area contributed by atoms with Crippen LogP contribution in [-0.4, -0.2) is 37.1 Å². The summed E-state index contributed by atoms with van der Waals surface area (Å²) in [5, 5.41) is 3.47. The zero-order valence-corrected chi connectivity index (χ0v) is 9.18. The van der Waals surface area contributed by atoms with Gasteiger partial charge in [-0.15, -0.1) is 0 Å². The van der Waals surface area contributed by atoms with Gasteiger partial charge >= 0.3 is 0 Å². The van der Waals surface area contributed by atoms with E-state index < -0.39 is 0 Å². The van der Waals surface area contributed by atoms with E-state index in [1.807, 2.05) is 0 Å². The fraction of sp³-hybridized carbons (Fsp3) is 1.00. The van der Waals surface area contributed by atoms with Gasteiger partial charge < -0.3 is 10.2 Å². The predicted octanol–water partition coefficient (Wildman–Crippen LogP) is 1.86. The second kappa shape index (κ2) is 6.39. The number of rotatable bonds is 5. The van der Waals surface area contributed by atoms with E-state index in [9.17, 15) is 0 Å². The Bertz CT molecular complexity index is 125. The third-order valence-electron chi connectivity index (χ3n) is 2.78. The quantitative estimate of drug-likeness (QED) is 0.656. The van der Waals surface area contributed by atoms with Gasteiger partial charge in [-0.3, -0.25) is 0 Å². The number of nitrogens with one attached hydrogen (secondary N) is 1. The zero-order valence-electron chi connectivity index (χ0n) is 9.18. The minimum atomic E-state index is 0.694. The maximum Gasteiger partial charge on any atom is 0.0167 e. The van der Waals surface area contributed by atoms with E-state index in [1.54, 1.807) is 0 Å². The summed E-state index contributed by atoms with van der Waals surface area (Å²) in [6.07, 6.45) is 5.55. The van der Waals surface area contributed by atoms with Crippen molar-refractivity contribution in [3.63, 3.8) is 0 Å². The predicted molar refractivity (Wildman–Crippen MR) is 58.0 cm³/mol. The molecule has 0 spiro atoms. The fourth-order valence-corrected chi connectivity index (χ4v) is 1.98. The van der Waals surface area contributed by atoms with Gasteiger partial charge in [0.05, 0.1) is 0 Å². The second-order valence-corrected chi connectivity index (χ2v) is 4.22. The lowest BCUT2D eigenvalue weighted by Gasteiger charge is -2.31. The summed E-state index contributed by atoms with van der Waals surface area (Å²) >= 11 is 0. The first-order valence-electron chi connectivity index (χ1n) is 5.78. The van der Waals surface area contributed by atoms with Crippen molar-refractivity contribution in [1.29, 1.82) is 0 Å². The van der Waals surface area contributed by atoms with Gasteiger partial charge in [0, 0.05) is 25.7 Å². The van der Waals surface area contributed by atoms with Crippen LogP contribution in [-0.2, 0) is 0 Å². The van der Waals surface area contributed by atoms with E-state index in [1.165, 1.54) is 51.9 Å². The lowest BCUT2D eigenvalue weighted by molar-refractivity contribution is 0.203. The van der Waals surface area contributed by atoms with Crippen LogP contribution in [0.5, 0.6) is 0 Å². The van der Waals surface area contributed by atoms with Crippen LogP contribution in [0.1, 0.15) is 39.5 Å². The maximum atomic E-state index is 3.47. The smallest absolute Gasteiger partial charge is 0.0167 e. The molecule has 1 N–H and O–H groups in total. The maximum absolute atomic E-state index is 3.47. The highest BCUT2D eigenvalue weighted by atomic mass is 15.2. The molecule has 1 aliphatic heterocycles. The molecule has 1 atom stereocenters. The summed E-state index contributed by atoms with van der Waals surface area (Å²) in [4.78, 5) is 2.59. The molecule has 0 bridgehead atoms. The first-order valence-corrected chi connectivity index (χ1v) is 5.78. The van der Waals surface area contributed by atoms with Crippen molar-refractivity contribution >= 4 is 0 Å². The highest BCUT2D eigenvalue weighted by Crippen LogP contribution is 2.04. The van der Waals surface area contributed by atoms with Crippen LogP contribution in [0.4, 0.5) is 0 Å². The summed E-state index contributed by atoms with van der Waals surface area (Å²) in [5.74, 6) is 0. The normalized spacial score (nSPS) is 24.9. The number of hydrogen-bond donors (Lipinski definition) is 1. The first-order chi connectivity index (χ1) is 6.33. The molecule has 2 nitrogen and oxygen atoms in total. The van der Waals surface area contributed by atoms with Gasteiger partial charge in [-0.05, 0) is 19.9 Å². The van der Waals surface area contributed by atoms with Crippen LogP contribution in [0.2, 0.25) is 0 Å². The molecule has 1 aliphatic rings. The van der Waals surface area contributed by atoms with Crippen molar-refractivity contribution in [2.75, 3.05) is 26.2 Å². The zero-order chi connectivity index (χ0) is 9.52.